The molecule has 0 heterocycles. The average Bonchev–Trinajstić information content (AvgIpc) is 3.36. The van der Waals surface area contributed by atoms with Crippen molar-refractivity contribution >= 4 is 6.03 Å². The van der Waals surface area contributed by atoms with Gasteiger partial charge in [0.05, 0.1) is 11.6 Å². The molecule has 1 aliphatic rings. The summed E-state index contributed by atoms with van der Waals surface area (Å²) in [5, 5.41) is 15.9. The number of benzene rings is 1. The van der Waals surface area contributed by atoms with E-state index in [9.17, 15) is 14.3 Å². The molecule has 22 heavy (non-hydrogen) atoms. The summed E-state index contributed by atoms with van der Waals surface area (Å²) >= 11 is 0. The first kappa shape index (κ1) is 16.7. The molecule has 1 aromatic carbocycles. The van der Waals surface area contributed by atoms with Crippen molar-refractivity contribution in [1.29, 1.82) is 0 Å². The smallest absolute Gasteiger partial charge is 0.315 e. The molecule has 1 atom stereocenters. The van der Waals surface area contributed by atoms with Gasteiger partial charge in [0.1, 0.15) is 5.82 Å². The number of rotatable bonds is 7. The van der Waals surface area contributed by atoms with E-state index in [4.69, 9.17) is 0 Å². The van der Waals surface area contributed by atoms with Crippen LogP contribution in [0.5, 0.6) is 0 Å². The molecule has 1 aliphatic carbocycles. The van der Waals surface area contributed by atoms with Gasteiger partial charge in [-0.25, -0.2) is 9.18 Å². The lowest BCUT2D eigenvalue weighted by Gasteiger charge is -2.26. The molecular weight excluding hydrogens is 283 g/mol. The zero-order valence-electron chi connectivity index (χ0n) is 13.2. The molecule has 2 amide bonds. The van der Waals surface area contributed by atoms with Crippen LogP contribution in [0, 0.1) is 11.7 Å². The minimum absolute atomic E-state index is 0.100. The first-order chi connectivity index (χ1) is 10.5. The number of aliphatic hydroxyl groups is 1. The summed E-state index contributed by atoms with van der Waals surface area (Å²) in [5.41, 5.74) is 0.0581. The van der Waals surface area contributed by atoms with E-state index in [-0.39, 0.29) is 24.4 Å². The van der Waals surface area contributed by atoms with Crippen molar-refractivity contribution in [3.05, 3.63) is 35.6 Å². The quantitative estimate of drug-likeness (QED) is 0.725. The highest BCUT2D eigenvalue weighted by Gasteiger charge is 2.33. The molecule has 0 saturated heterocycles. The van der Waals surface area contributed by atoms with Crippen LogP contribution >= 0.6 is 0 Å². The zero-order valence-corrected chi connectivity index (χ0v) is 13.2. The average molecular weight is 308 g/mol. The van der Waals surface area contributed by atoms with Crippen LogP contribution in [-0.4, -0.2) is 23.3 Å². The van der Waals surface area contributed by atoms with E-state index in [1.165, 1.54) is 12.1 Å². The Hall–Kier alpha value is -1.62. The van der Waals surface area contributed by atoms with Crippen LogP contribution in [-0.2, 0) is 0 Å². The van der Waals surface area contributed by atoms with Crippen LogP contribution in [0.1, 0.15) is 51.1 Å². The third kappa shape index (κ3) is 4.44. The summed E-state index contributed by atoms with van der Waals surface area (Å²) in [6.07, 6.45) is 3.31. The molecule has 4 nitrogen and oxygen atoms in total. The number of halogens is 1. The fraction of sp³-hybridized carbons (Fsp3) is 0.588. The molecule has 1 unspecified atom stereocenters. The monoisotopic (exact) mass is 308 g/mol. The van der Waals surface area contributed by atoms with Crippen molar-refractivity contribution in [2.75, 3.05) is 6.54 Å². The molecule has 5 heteroatoms. The molecule has 3 N–H and O–H groups in total. The Labute approximate surface area is 131 Å². The Morgan fingerprint density at radius 1 is 1.32 bits per heavy atom. The van der Waals surface area contributed by atoms with Gasteiger partial charge in [0.2, 0.25) is 0 Å². The molecule has 1 aromatic rings. The van der Waals surface area contributed by atoms with Gasteiger partial charge in [-0.2, -0.15) is 0 Å². The zero-order chi connectivity index (χ0) is 16.2. The van der Waals surface area contributed by atoms with Crippen molar-refractivity contribution in [3.63, 3.8) is 0 Å². The van der Waals surface area contributed by atoms with E-state index in [0.29, 0.717) is 18.8 Å². The molecule has 0 bridgehead atoms. The van der Waals surface area contributed by atoms with E-state index >= 15 is 0 Å². The van der Waals surface area contributed by atoms with Crippen LogP contribution in [0.3, 0.4) is 0 Å². The SMILES string of the molecule is CCC(O)(CC)CNC(=O)NC(c1ccc(F)cc1)C1CC1. The van der Waals surface area contributed by atoms with E-state index < -0.39 is 5.60 Å². The van der Waals surface area contributed by atoms with Crippen LogP contribution in [0.2, 0.25) is 0 Å². The second-order valence-electron chi connectivity index (χ2n) is 6.13. The second-order valence-corrected chi connectivity index (χ2v) is 6.13. The number of amides is 2. The van der Waals surface area contributed by atoms with Gasteiger partial charge in [0.25, 0.3) is 0 Å². The highest BCUT2D eigenvalue weighted by molar-refractivity contribution is 5.74. The first-order valence-electron chi connectivity index (χ1n) is 7.99. The highest BCUT2D eigenvalue weighted by atomic mass is 19.1. The second kappa shape index (κ2) is 7.09. The van der Waals surface area contributed by atoms with Gasteiger partial charge in [-0.3, -0.25) is 0 Å². The van der Waals surface area contributed by atoms with Crippen molar-refractivity contribution in [2.45, 2.75) is 51.2 Å². The number of carbonyl (C=O) groups excluding carboxylic acids is 1. The van der Waals surface area contributed by atoms with Gasteiger partial charge in [0, 0.05) is 6.54 Å². The molecule has 0 aromatic heterocycles. The van der Waals surface area contributed by atoms with Gasteiger partial charge in [0.15, 0.2) is 0 Å². The van der Waals surface area contributed by atoms with Crippen molar-refractivity contribution in [2.24, 2.45) is 5.92 Å². The van der Waals surface area contributed by atoms with Crippen LogP contribution in [0.15, 0.2) is 24.3 Å². The third-order valence-corrected chi connectivity index (χ3v) is 4.50. The van der Waals surface area contributed by atoms with Gasteiger partial charge in [-0.1, -0.05) is 26.0 Å². The van der Waals surface area contributed by atoms with E-state index in [1.807, 2.05) is 13.8 Å². The Kier molecular flexibility index (Phi) is 5.40. The number of carbonyl (C=O) groups is 1. The Balaban J connectivity index is 1.94. The van der Waals surface area contributed by atoms with Crippen molar-refractivity contribution < 1.29 is 14.3 Å². The topological polar surface area (TPSA) is 61.4 Å². The maximum atomic E-state index is 13.0. The summed E-state index contributed by atoms with van der Waals surface area (Å²) in [4.78, 5) is 12.1. The number of hydrogen-bond acceptors (Lipinski definition) is 2. The molecule has 2 rings (SSSR count). The summed E-state index contributed by atoms with van der Waals surface area (Å²) in [6.45, 7) is 4.02. The summed E-state index contributed by atoms with van der Waals surface area (Å²) < 4.78 is 13.0. The standard InChI is InChI=1S/C17H25FN2O2/c1-3-17(22,4-2)11-19-16(21)20-15(12-5-6-12)13-7-9-14(18)10-8-13/h7-10,12,15,22H,3-6,11H2,1-2H3,(H2,19,20,21). The maximum Gasteiger partial charge on any atom is 0.315 e. The number of urea groups is 1. The molecule has 122 valence electrons. The molecule has 1 fully saturated rings. The van der Waals surface area contributed by atoms with Crippen LogP contribution in [0.4, 0.5) is 9.18 Å². The van der Waals surface area contributed by atoms with E-state index in [1.54, 1.807) is 12.1 Å². The lowest BCUT2D eigenvalue weighted by atomic mass is 9.98. The normalized spacial score (nSPS) is 16.2. The lowest BCUT2D eigenvalue weighted by molar-refractivity contribution is 0.0348. The minimum Gasteiger partial charge on any atom is -0.388 e. The van der Waals surface area contributed by atoms with Crippen molar-refractivity contribution in [1.82, 2.24) is 10.6 Å². The van der Waals surface area contributed by atoms with Gasteiger partial charge in [-0.05, 0) is 49.3 Å². The maximum absolute atomic E-state index is 13.0. The summed E-state index contributed by atoms with van der Waals surface area (Å²) in [6, 6.07) is 5.87. The molecule has 0 aliphatic heterocycles. The Morgan fingerprint density at radius 3 is 2.41 bits per heavy atom. The number of nitrogens with one attached hydrogen (secondary N) is 2. The third-order valence-electron chi connectivity index (χ3n) is 4.50. The van der Waals surface area contributed by atoms with Gasteiger partial charge < -0.3 is 15.7 Å². The summed E-state index contributed by atoms with van der Waals surface area (Å²) in [7, 11) is 0. The highest BCUT2D eigenvalue weighted by Crippen LogP contribution is 2.40. The fourth-order valence-electron chi connectivity index (χ4n) is 2.51. The number of hydrogen-bond donors (Lipinski definition) is 3. The lowest BCUT2D eigenvalue weighted by Crippen LogP contribution is -2.46. The molecule has 0 spiro atoms. The summed E-state index contributed by atoms with van der Waals surface area (Å²) in [5.74, 6) is 0.131. The van der Waals surface area contributed by atoms with Crippen LogP contribution < -0.4 is 10.6 Å². The minimum atomic E-state index is -0.859. The van der Waals surface area contributed by atoms with E-state index in [0.717, 1.165) is 18.4 Å². The van der Waals surface area contributed by atoms with Gasteiger partial charge in [-0.15, -0.1) is 0 Å². The fourth-order valence-corrected chi connectivity index (χ4v) is 2.51. The Morgan fingerprint density at radius 2 is 1.91 bits per heavy atom. The van der Waals surface area contributed by atoms with Crippen molar-refractivity contribution in [3.8, 4) is 0 Å². The van der Waals surface area contributed by atoms with Gasteiger partial charge >= 0.3 is 6.03 Å². The Bertz CT molecular complexity index is 496. The largest absolute Gasteiger partial charge is 0.388 e. The van der Waals surface area contributed by atoms with Crippen LogP contribution in [0.25, 0.3) is 0 Å². The first-order valence-corrected chi connectivity index (χ1v) is 7.99. The predicted octanol–water partition coefficient (Wildman–Crippen LogP) is 3.13. The molecule has 1 saturated carbocycles. The molecular formula is C17H25FN2O2. The predicted molar refractivity (Wildman–Crippen MR) is 83.9 cm³/mol. The molecule has 0 radical (unpaired) electrons. The van der Waals surface area contributed by atoms with E-state index in [2.05, 4.69) is 10.6 Å².